The third-order valence-corrected chi connectivity index (χ3v) is 3.42. The number of hydrogen-bond donors (Lipinski definition) is 2. The van der Waals surface area contributed by atoms with E-state index in [0.717, 1.165) is 18.7 Å². The van der Waals surface area contributed by atoms with Crippen LogP contribution in [0.4, 0.5) is 8.78 Å². The maximum atomic E-state index is 13.4. The van der Waals surface area contributed by atoms with Crippen LogP contribution in [0.5, 0.6) is 0 Å². The van der Waals surface area contributed by atoms with Gasteiger partial charge in [-0.25, -0.2) is 8.78 Å². The van der Waals surface area contributed by atoms with Gasteiger partial charge in [-0.3, -0.25) is 9.59 Å². The van der Waals surface area contributed by atoms with Crippen LogP contribution in [0.1, 0.15) is 29.6 Å². The van der Waals surface area contributed by atoms with Crippen LogP contribution in [-0.2, 0) is 9.53 Å². The van der Waals surface area contributed by atoms with Crippen LogP contribution >= 0.6 is 0 Å². The minimum atomic E-state index is -0.962. The van der Waals surface area contributed by atoms with Crippen molar-refractivity contribution < 1.29 is 23.1 Å². The van der Waals surface area contributed by atoms with Gasteiger partial charge in [0.1, 0.15) is 11.6 Å². The molecule has 0 heterocycles. The van der Waals surface area contributed by atoms with Crippen LogP contribution in [-0.4, -0.2) is 38.1 Å². The van der Waals surface area contributed by atoms with Gasteiger partial charge in [-0.05, 0) is 37.3 Å². The second kappa shape index (κ2) is 8.57. The van der Waals surface area contributed by atoms with Crippen molar-refractivity contribution in [3.8, 4) is 0 Å². The molecular formula is C16H20F2N2O3. The molecule has 1 aromatic carbocycles. The molecule has 0 saturated heterocycles. The first-order valence-corrected chi connectivity index (χ1v) is 7.64. The van der Waals surface area contributed by atoms with Gasteiger partial charge in [0, 0.05) is 25.8 Å². The SMILES string of the molecule is O=C(CNC(=O)c1ccc(F)cc1F)NCCCOCC1CC1. The van der Waals surface area contributed by atoms with E-state index in [1.165, 1.54) is 12.8 Å². The van der Waals surface area contributed by atoms with Crippen molar-refractivity contribution in [2.24, 2.45) is 5.92 Å². The highest BCUT2D eigenvalue weighted by Crippen LogP contribution is 2.28. The zero-order valence-corrected chi connectivity index (χ0v) is 12.7. The Bertz CT molecular complexity index is 562. The zero-order valence-electron chi connectivity index (χ0n) is 12.7. The Morgan fingerprint density at radius 2 is 2.00 bits per heavy atom. The van der Waals surface area contributed by atoms with E-state index in [-0.39, 0.29) is 18.0 Å². The van der Waals surface area contributed by atoms with E-state index in [0.29, 0.717) is 31.6 Å². The van der Waals surface area contributed by atoms with Gasteiger partial charge in [-0.1, -0.05) is 0 Å². The molecule has 2 rings (SSSR count). The molecule has 0 unspecified atom stereocenters. The third-order valence-electron chi connectivity index (χ3n) is 3.42. The maximum absolute atomic E-state index is 13.4. The number of carbonyl (C=O) groups is 2. The topological polar surface area (TPSA) is 67.4 Å². The number of carbonyl (C=O) groups excluding carboxylic acids is 2. The van der Waals surface area contributed by atoms with Gasteiger partial charge in [-0.15, -0.1) is 0 Å². The minimum Gasteiger partial charge on any atom is -0.381 e. The molecule has 5 nitrogen and oxygen atoms in total. The molecule has 7 heteroatoms. The summed E-state index contributed by atoms with van der Waals surface area (Å²) in [7, 11) is 0. The first-order valence-electron chi connectivity index (χ1n) is 7.64. The van der Waals surface area contributed by atoms with Gasteiger partial charge in [-0.2, -0.15) is 0 Å². The predicted octanol–water partition coefficient (Wildman–Crippen LogP) is 1.63. The van der Waals surface area contributed by atoms with E-state index in [1.807, 2.05) is 0 Å². The maximum Gasteiger partial charge on any atom is 0.254 e. The second-order valence-electron chi connectivity index (χ2n) is 5.53. The highest BCUT2D eigenvalue weighted by molar-refractivity contribution is 5.96. The normalized spacial score (nSPS) is 13.7. The number of rotatable bonds is 9. The first-order chi connectivity index (χ1) is 11.1. The Kier molecular flexibility index (Phi) is 6.46. The van der Waals surface area contributed by atoms with Gasteiger partial charge in [0.2, 0.25) is 5.91 Å². The summed E-state index contributed by atoms with van der Waals surface area (Å²) in [6.07, 6.45) is 3.18. The lowest BCUT2D eigenvalue weighted by Crippen LogP contribution is -2.37. The highest BCUT2D eigenvalue weighted by Gasteiger charge is 2.20. The van der Waals surface area contributed by atoms with Gasteiger partial charge >= 0.3 is 0 Å². The van der Waals surface area contributed by atoms with Crippen LogP contribution < -0.4 is 10.6 Å². The number of nitrogens with one attached hydrogen (secondary N) is 2. The van der Waals surface area contributed by atoms with Crippen molar-refractivity contribution in [1.29, 1.82) is 0 Å². The lowest BCUT2D eigenvalue weighted by molar-refractivity contribution is -0.120. The van der Waals surface area contributed by atoms with Crippen molar-refractivity contribution >= 4 is 11.8 Å². The van der Waals surface area contributed by atoms with Gasteiger partial charge < -0.3 is 15.4 Å². The molecule has 0 aliphatic heterocycles. The summed E-state index contributed by atoms with van der Waals surface area (Å²) in [6.45, 7) is 1.56. The summed E-state index contributed by atoms with van der Waals surface area (Å²) in [5.74, 6) is -2.14. The molecule has 1 fully saturated rings. The molecule has 23 heavy (non-hydrogen) atoms. The largest absolute Gasteiger partial charge is 0.381 e. The fourth-order valence-electron chi connectivity index (χ4n) is 1.93. The van der Waals surface area contributed by atoms with Crippen molar-refractivity contribution in [2.45, 2.75) is 19.3 Å². The number of halogens is 2. The van der Waals surface area contributed by atoms with E-state index in [4.69, 9.17) is 4.74 Å². The summed E-state index contributed by atoms with van der Waals surface area (Å²) < 4.78 is 31.6. The smallest absolute Gasteiger partial charge is 0.254 e. The molecule has 1 saturated carbocycles. The lowest BCUT2D eigenvalue weighted by atomic mass is 10.2. The fourth-order valence-corrected chi connectivity index (χ4v) is 1.93. The van der Waals surface area contributed by atoms with Crippen molar-refractivity contribution in [2.75, 3.05) is 26.3 Å². The lowest BCUT2D eigenvalue weighted by Gasteiger charge is -2.08. The van der Waals surface area contributed by atoms with Crippen molar-refractivity contribution in [1.82, 2.24) is 10.6 Å². The standard InChI is InChI=1S/C16H20F2N2O3/c17-12-4-5-13(14(18)8-12)16(22)20-9-15(21)19-6-1-7-23-10-11-2-3-11/h4-5,8,11H,1-3,6-7,9-10H2,(H,19,21)(H,20,22). The third kappa shape index (κ3) is 6.32. The van der Waals surface area contributed by atoms with E-state index in [9.17, 15) is 18.4 Å². The Morgan fingerprint density at radius 3 is 2.70 bits per heavy atom. The fraction of sp³-hybridized carbons (Fsp3) is 0.500. The molecule has 0 spiro atoms. The molecule has 1 aromatic rings. The van der Waals surface area contributed by atoms with Crippen LogP contribution in [0.3, 0.4) is 0 Å². The Labute approximate surface area is 133 Å². The van der Waals surface area contributed by atoms with E-state index < -0.39 is 17.5 Å². The van der Waals surface area contributed by atoms with Crippen LogP contribution in [0, 0.1) is 17.6 Å². The molecule has 0 aromatic heterocycles. The number of hydrogen-bond acceptors (Lipinski definition) is 3. The zero-order chi connectivity index (χ0) is 16.7. The second-order valence-corrected chi connectivity index (χ2v) is 5.53. The Balaban J connectivity index is 1.58. The van der Waals surface area contributed by atoms with E-state index >= 15 is 0 Å². The molecule has 0 atom stereocenters. The monoisotopic (exact) mass is 326 g/mol. The molecule has 1 aliphatic rings. The molecule has 2 N–H and O–H groups in total. The summed E-state index contributed by atoms with van der Waals surface area (Å²) in [5, 5.41) is 4.92. The summed E-state index contributed by atoms with van der Waals surface area (Å²) in [6, 6.07) is 2.64. The summed E-state index contributed by atoms with van der Waals surface area (Å²) in [5.41, 5.74) is -0.298. The average molecular weight is 326 g/mol. The highest BCUT2D eigenvalue weighted by atomic mass is 19.1. The predicted molar refractivity (Wildman–Crippen MR) is 79.9 cm³/mol. The average Bonchev–Trinajstić information content (AvgIpc) is 3.32. The quantitative estimate of drug-likeness (QED) is 0.678. The summed E-state index contributed by atoms with van der Waals surface area (Å²) >= 11 is 0. The molecule has 1 aliphatic carbocycles. The van der Waals surface area contributed by atoms with Gasteiger partial charge in [0.05, 0.1) is 12.1 Å². The van der Waals surface area contributed by atoms with Crippen LogP contribution in [0.15, 0.2) is 18.2 Å². The number of amides is 2. The number of benzene rings is 1. The van der Waals surface area contributed by atoms with E-state index in [1.54, 1.807) is 0 Å². The molecule has 0 radical (unpaired) electrons. The van der Waals surface area contributed by atoms with Crippen molar-refractivity contribution in [3.63, 3.8) is 0 Å². The van der Waals surface area contributed by atoms with Gasteiger partial charge in [0.15, 0.2) is 0 Å². The van der Waals surface area contributed by atoms with E-state index in [2.05, 4.69) is 10.6 Å². The van der Waals surface area contributed by atoms with Crippen LogP contribution in [0.25, 0.3) is 0 Å². The summed E-state index contributed by atoms with van der Waals surface area (Å²) in [4.78, 5) is 23.2. The number of ether oxygens (including phenoxy) is 1. The van der Waals surface area contributed by atoms with Crippen LogP contribution in [0.2, 0.25) is 0 Å². The Morgan fingerprint density at radius 1 is 1.22 bits per heavy atom. The van der Waals surface area contributed by atoms with Gasteiger partial charge in [0.25, 0.3) is 5.91 Å². The molecular weight excluding hydrogens is 306 g/mol. The molecule has 126 valence electrons. The minimum absolute atomic E-state index is 0.265. The van der Waals surface area contributed by atoms with Crippen molar-refractivity contribution in [3.05, 3.63) is 35.4 Å². The molecule has 0 bridgehead atoms. The molecule has 2 amide bonds. The Hall–Kier alpha value is -2.02. The first kappa shape index (κ1) is 17.3.